The second-order valence-electron chi connectivity index (χ2n) is 4.43. The molecule has 8 heteroatoms. The van der Waals surface area contributed by atoms with E-state index in [1.807, 2.05) is 0 Å². The van der Waals surface area contributed by atoms with Gasteiger partial charge in [-0.05, 0) is 0 Å². The molecule has 0 bridgehead atoms. The summed E-state index contributed by atoms with van der Waals surface area (Å²) in [4.78, 5) is 0. The van der Waals surface area contributed by atoms with Crippen molar-refractivity contribution in [3.8, 4) is 0 Å². The van der Waals surface area contributed by atoms with Gasteiger partial charge in [-0.15, -0.1) is 10.2 Å². The van der Waals surface area contributed by atoms with Gasteiger partial charge in [0.2, 0.25) is 11.6 Å². The minimum atomic E-state index is -2.93. The Bertz CT molecular complexity index is 526. The highest BCUT2D eigenvalue weighted by Gasteiger charge is 2.37. The van der Waals surface area contributed by atoms with Gasteiger partial charge in [0.05, 0.1) is 12.8 Å². The van der Waals surface area contributed by atoms with Gasteiger partial charge in [0, 0.05) is 24.3 Å². The van der Waals surface area contributed by atoms with Gasteiger partial charge in [0.1, 0.15) is 23.3 Å². The third-order valence-corrected chi connectivity index (χ3v) is 2.52. The van der Waals surface area contributed by atoms with Gasteiger partial charge in [-0.1, -0.05) is 0 Å². The molecule has 0 saturated carbocycles. The topological polar surface area (TPSA) is 24.7 Å². The number of nitrogens with zero attached hydrogens (tertiary/aromatic N) is 2. The predicted octanol–water partition coefficient (Wildman–Crippen LogP) is 4.99. The van der Waals surface area contributed by atoms with E-state index in [-0.39, 0.29) is 0 Å². The summed E-state index contributed by atoms with van der Waals surface area (Å²) < 4.78 is 79.5. The molecule has 0 amide bonds. The van der Waals surface area contributed by atoms with Gasteiger partial charge in [0.15, 0.2) is 0 Å². The van der Waals surface area contributed by atoms with Crippen molar-refractivity contribution in [2.75, 3.05) is 0 Å². The standard InChI is InChI=1S/C12H8F6N2/c13-7-1-8(14)4-11(17,3-7)19-20-12(18)5-9(15)2-10(16)6-12/h1-3,5H,4,6H2. The van der Waals surface area contributed by atoms with Crippen molar-refractivity contribution in [3.63, 3.8) is 0 Å². The van der Waals surface area contributed by atoms with Crippen LogP contribution in [-0.4, -0.2) is 11.6 Å². The first kappa shape index (κ1) is 14.5. The van der Waals surface area contributed by atoms with Crippen molar-refractivity contribution in [1.82, 2.24) is 0 Å². The van der Waals surface area contributed by atoms with Gasteiger partial charge in [0.25, 0.3) is 0 Å². The van der Waals surface area contributed by atoms with E-state index in [1.54, 1.807) is 0 Å². The highest BCUT2D eigenvalue weighted by atomic mass is 19.2. The Kier molecular flexibility index (Phi) is 3.58. The Balaban J connectivity index is 2.22. The van der Waals surface area contributed by atoms with Crippen LogP contribution in [0.5, 0.6) is 0 Å². The summed E-state index contributed by atoms with van der Waals surface area (Å²) in [5, 5.41) is 5.72. The minimum absolute atomic E-state index is 0.304. The molecule has 0 aromatic heterocycles. The number of rotatable bonds is 2. The fraction of sp³-hybridized carbons (Fsp3) is 0.333. The van der Waals surface area contributed by atoms with Gasteiger partial charge >= 0.3 is 0 Å². The maximum absolute atomic E-state index is 13.9. The fourth-order valence-electron chi connectivity index (χ4n) is 1.78. The molecule has 2 aliphatic carbocycles. The first-order chi connectivity index (χ1) is 9.20. The van der Waals surface area contributed by atoms with E-state index in [2.05, 4.69) is 10.2 Å². The molecule has 0 aromatic carbocycles. The Hall–Kier alpha value is -1.86. The average molecular weight is 294 g/mol. The lowest BCUT2D eigenvalue weighted by Gasteiger charge is -2.21. The summed E-state index contributed by atoms with van der Waals surface area (Å²) in [5.74, 6) is -10.6. The van der Waals surface area contributed by atoms with Crippen LogP contribution < -0.4 is 0 Å². The molecular weight excluding hydrogens is 286 g/mol. The van der Waals surface area contributed by atoms with Gasteiger partial charge in [-0.3, -0.25) is 0 Å². The summed E-state index contributed by atoms with van der Waals surface area (Å²) in [7, 11) is 0. The quantitative estimate of drug-likeness (QED) is 0.389. The molecule has 0 spiro atoms. The molecule has 0 saturated heterocycles. The summed E-state index contributed by atoms with van der Waals surface area (Å²) >= 11 is 0. The molecule has 108 valence electrons. The number of azo groups is 1. The van der Waals surface area contributed by atoms with Crippen LogP contribution in [0.2, 0.25) is 0 Å². The molecule has 2 unspecified atom stereocenters. The first-order valence-corrected chi connectivity index (χ1v) is 5.50. The van der Waals surface area contributed by atoms with Gasteiger partial charge in [-0.25, -0.2) is 26.3 Å². The fourth-order valence-corrected chi connectivity index (χ4v) is 1.78. The van der Waals surface area contributed by atoms with E-state index in [1.165, 1.54) is 0 Å². The van der Waals surface area contributed by atoms with E-state index < -0.39 is 47.7 Å². The van der Waals surface area contributed by atoms with Gasteiger partial charge in [-0.2, -0.15) is 0 Å². The molecule has 0 aromatic rings. The lowest BCUT2D eigenvalue weighted by atomic mass is 10.0. The van der Waals surface area contributed by atoms with Crippen molar-refractivity contribution < 1.29 is 26.3 Å². The maximum Gasteiger partial charge on any atom is 0.247 e. The SMILES string of the molecule is FC1=CC(F)(N=NC2(F)C=C(F)C=C(F)C2)CC(F)=C1. The zero-order chi connectivity index (χ0) is 15.0. The zero-order valence-corrected chi connectivity index (χ0v) is 9.89. The number of halogens is 6. The van der Waals surface area contributed by atoms with E-state index >= 15 is 0 Å². The van der Waals surface area contributed by atoms with Crippen LogP contribution >= 0.6 is 0 Å². The molecule has 0 aliphatic heterocycles. The molecule has 0 radical (unpaired) electrons. The molecule has 2 atom stereocenters. The minimum Gasteiger partial charge on any atom is -0.211 e. The molecule has 2 nitrogen and oxygen atoms in total. The summed E-state index contributed by atoms with van der Waals surface area (Å²) in [6.45, 7) is 0. The van der Waals surface area contributed by atoms with Crippen LogP contribution in [0.1, 0.15) is 12.8 Å². The summed E-state index contributed by atoms with van der Waals surface area (Å²) in [6, 6.07) is 0. The highest BCUT2D eigenvalue weighted by Crippen LogP contribution is 2.37. The van der Waals surface area contributed by atoms with Crippen molar-refractivity contribution >= 4 is 0 Å². The second kappa shape index (κ2) is 4.92. The average Bonchev–Trinajstić information content (AvgIpc) is 2.23. The number of allylic oxidation sites excluding steroid dienone is 4. The number of hydrogen-bond donors (Lipinski definition) is 0. The van der Waals surface area contributed by atoms with E-state index in [0.717, 1.165) is 0 Å². The highest BCUT2D eigenvalue weighted by molar-refractivity contribution is 5.27. The number of hydrogen-bond acceptors (Lipinski definition) is 2. The van der Waals surface area contributed by atoms with Crippen LogP contribution in [-0.2, 0) is 0 Å². The Morgan fingerprint density at radius 1 is 0.750 bits per heavy atom. The normalized spacial score (nSPS) is 34.5. The monoisotopic (exact) mass is 294 g/mol. The Morgan fingerprint density at radius 3 is 1.40 bits per heavy atom. The van der Waals surface area contributed by atoms with Crippen LogP contribution in [0.25, 0.3) is 0 Å². The van der Waals surface area contributed by atoms with Crippen molar-refractivity contribution in [1.29, 1.82) is 0 Å². The zero-order valence-electron chi connectivity index (χ0n) is 9.89. The molecule has 2 rings (SSSR count). The largest absolute Gasteiger partial charge is 0.247 e. The lowest BCUT2D eigenvalue weighted by Crippen LogP contribution is -2.24. The Labute approximate surface area is 109 Å². The molecule has 20 heavy (non-hydrogen) atoms. The maximum atomic E-state index is 13.9. The van der Waals surface area contributed by atoms with Crippen molar-refractivity contribution in [2.45, 2.75) is 24.4 Å². The summed E-state index contributed by atoms with van der Waals surface area (Å²) in [6.07, 6.45) is -0.437. The van der Waals surface area contributed by atoms with Crippen molar-refractivity contribution in [2.24, 2.45) is 10.2 Å². The van der Waals surface area contributed by atoms with E-state index in [4.69, 9.17) is 0 Å². The predicted molar refractivity (Wildman–Crippen MR) is 58.5 cm³/mol. The second-order valence-corrected chi connectivity index (χ2v) is 4.43. The molecule has 2 aliphatic rings. The molecular formula is C12H8F6N2. The molecule has 0 N–H and O–H groups in total. The Morgan fingerprint density at radius 2 is 1.10 bits per heavy atom. The molecule has 0 fully saturated rings. The van der Waals surface area contributed by atoms with Gasteiger partial charge < -0.3 is 0 Å². The summed E-state index contributed by atoms with van der Waals surface area (Å²) in [5.41, 5.74) is 0. The third kappa shape index (κ3) is 3.37. The number of alkyl halides is 2. The third-order valence-electron chi connectivity index (χ3n) is 2.52. The van der Waals surface area contributed by atoms with Crippen LogP contribution in [0.4, 0.5) is 26.3 Å². The molecule has 0 heterocycles. The van der Waals surface area contributed by atoms with Crippen LogP contribution in [0.15, 0.2) is 57.8 Å². The van der Waals surface area contributed by atoms with Crippen LogP contribution in [0.3, 0.4) is 0 Å². The smallest absolute Gasteiger partial charge is 0.211 e. The van der Waals surface area contributed by atoms with Crippen molar-refractivity contribution in [3.05, 3.63) is 47.6 Å². The van der Waals surface area contributed by atoms with E-state index in [9.17, 15) is 26.3 Å². The lowest BCUT2D eigenvalue weighted by molar-refractivity contribution is 0.163. The first-order valence-electron chi connectivity index (χ1n) is 5.50. The van der Waals surface area contributed by atoms with Crippen LogP contribution in [0, 0.1) is 0 Å². The van der Waals surface area contributed by atoms with E-state index in [0.29, 0.717) is 24.3 Å².